The second kappa shape index (κ2) is 4.36. The summed E-state index contributed by atoms with van der Waals surface area (Å²) in [5.41, 5.74) is 1.24. The molecule has 1 aliphatic rings. The topological polar surface area (TPSA) is 23.5 Å². The largest absolute Gasteiger partial charge is 0.395 e. The molecular weight excluding hydrogens is 274 g/mol. The van der Waals surface area contributed by atoms with Gasteiger partial charge in [-0.15, -0.1) is 11.8 Å². The van der Waals surface area contributed by atoms with Crippen LogP contribution in [0, 0.1) is 0 Å². The van der Waals surface area contributed by atoms with E-state index in [-0.39, 0.29) is 11.9 Å². The number of rotatable bonds is 1. The molecule has 0 radical (unpaired) electrons. The van der Waals surface area contributed by atoms with E-state index in [0.717, 1.165) is 4.47 Å². The smallest absolute Gasteiger partial charge is 0.0649 e. The summed E-state index contributed by atoms with van der Waals surface area (Å²) in [6, 6.07) is 6.55. The standard InChI is InChI=1S/C11H14BrNOS/c1-7-10(6-14)15-9-5-3-4-8(12)11(9)13(7)2/h3-5,7,10,14H,6H2,1-2H3. The monoisotopic (exact) mass is 287 g/mol. The van der Waals surface area contributed by atoms with Gasteiger partial charge in [0.15, 0.2) is 0 Å². The van der Waals surface area contributed by atoms with E-state index in [1.54, 1.807) is 11.8 Å². The number of benzene rings is 1. The number of aliphatic hydroxyl groups excluding tert-OH is 1. The lowest BCUT2D eigenvalue weighted by Crippen LogP contribution is -2.42. The molecule has 0 bridgehead atoms. The van der Waals surface area contributed by atoms with Gasteiger partial charge in [0.1, 0.15) is 0 Å². The normalized spacial score (nSPS) is 25.2. The van der Waals surface area contributed by atoms with Crippen LogP contribution in [-0.2, 0) is 0 Å². The van der Waals surface area contributed by atoms with Crippen LogP contribution >= 0.6 is 27.7 Å². The first-order chi connectivity index (χ1) is 7.15. The highest BCUT2D eigenvalue weighted by Crippen LogP contribution is 2.44. The highest BCUT2D eigenvalue weighted by atomic mass is 79.9. The molecule has 0 saturated heterocycles. The molecule has 0 fully saturated rings. The van der Waals surface area contributed by atoms with Gasteiger partial charge < -0.3 is 10.0 Å². The fourth-order valence-corrected chi connectivity index (χ4v) is 3.92. The molecule has 2 nitrogen and oxygen atoms in total. The van der Waals surface area contributed by atoms with Gasteiger partial charge in [-0.25, -0.2) is 0 Å². The van der Waals surface area contributed by atoms with Gasteiger partial charge in [-0.05, 0) is 35.0 Å². The molecular formula is C11H14BrNOS. The van der Waals surface area contributed by atoms with Crippen molar-refractivity contribution >= 4 is 33.4 Å². The zero-order valence-electron chi connectivity index (χ0n) is 8.77. The van der Waals surface area contributed by atoms with E-state index >= 15 is 0 Å². The second-order valence-corrected chi connectivity index (χ2v) is 5.91. The van der Waals surface area contributed by atoms with E-state index < -0.39 is 0 Å². The summed E-state index contributed by atoms with van der Waals surface area (Å²) < 4.78 is 1.12. The molecule has 2 unspecified atom stereocenters. The third-order valence-electron chi connectivity index (χ3n) is 2.91. The molecule has 0 aliphatic carbocycles. The van der Waals surface area contributed by atoms with E-state index in [1.165, 1.54) is 10.6 Å². The van der Waals surface area contributed by atoms with E-state index in [2.05, 4.69) is 46.9 Å². The maximum Gasteiger partial charge on any atom is 0.0649 e. The molecule has 1 aromatic carbocycles. The van der Waals surface area contributed by atoms with E-state index in [4.69, 9.17) is 0 Å². The lowest BCUT2D eigenvalue weighted by Gasteiger charge is -2.39. The van der Waals surface area contributed by atoms with Crippen molar-refractivity contribution < 1.29 is 5.11 Å². The number of hydrogen-bond donors (Lipinski definition) is 1. The maximum absolute atomic E-state index is 9.31. The Balaban J connectivity index is 2.45. The number of halogens is 1. The van der Waals surface area contributed by atoms with Crippen LogP contribution in [0.4, 0.5) is 5.69 Å². The Hall–Kier alpha value is -0.190. The molecule has 2 rings (SSSR count). The predicted molar refractivity (Wildman–Crippen MR) is 68.7 cm³/mol. The summed E-state index contributed by atoms with van der Waals surface area (Å²) in [4.78, 5) is 3.47. The maximum atomic E-state index is 9.31. The summed E-state index contributed by atoms with van der Waals surface area (Å²) in [6.45, 7) is 2.37. The SMILES string of the molecule is CC1C(CO)Sc2cccc(Br)c2N1C. The Morgan fingerprint density at radius 3 is 2.93 bits per heavy atom. The van der Waals surface area contributed by atoms with E-state index in [9.17, 15) is 5.11 Å². The van der Waals surface area contributed by atoms with Gasteiger partial charge in [-0.3, -0.25) is 0 Å². The lowest BCUT2D eigenvalue weighted by molar-refractivity contribution is 0.282. The van der Waals surface area contributed by atoms with Gasteiger partial charge in [-0.1, -0.05) is 6.07 Å². The molecule has 0 aromatic heterocycles. The van der Waals surface area contributed by atoms with Gasteiger partial charge in [0.2, 0.25) is 0 Å². The van der Waals surface area contributed by atoms with Crippen molar-refractivity contribution in [1.29, 1.82) is 0 Å². The van der Waals surface area contributed by atoms with Crippen LogP contribution < -0.4 is 4.90 Å². The molecule has 0 saturated carbocycles. The van der Waals surface area contributed by atoms with Gasteiger partial charge in [0, 0.05) is 22.5 Å². The minimum atomic E-state index is 0.224. The summed E-state index contributed by atoms with van der Waals surface area (Å²) in [5, 5.41) is 9.58. The van der Waals surface area contributed by atoms with Crippen LogP contribution in [0.25, 0.3) is 0 Å². The average Bonchev–Trinajstić information content (AvgIpc) is 2.23. The quantitative estimate of drug-likeness (QED) is 0.859. The van der Waals surface area contributed by atoms with Gasteiger partial charge in [-0.2, -0.15) is 0 Å². The molecule has 15 heavy (non-hydrogen) atoms. The zero-order chi connectivity index (χ0) is 11.0. The van der Waals surface area contributed by atoms with E-state index in [0.29, 0.717) is 6.04 Å². The Bertz CT molecular complexity index is 372. The number of fused-ring (bicyclic) bond motifs is 1. The first-order valence-electron chi connectivity index (χ1n) is 4.94. The Morgan fingerprint density at radius 2 is 2.27 bits per heavy atom. The molecule has 0 spiro atoms. The van der Waals surface area contributed by atoms with Crippen molar-refractivity contribution in [2.24, 2.45) is 0 Å². The molecule has 1 N–H and O–H groups in total. The Morgan fingerprint density at radius 1 is 1.53 bits per heavy atom. The second-order valence-electron chi connectivity index (χ2n) is 3.78. The molecule has 0 amide bonds. The molecule has 1 heterocycles. The fraction of sp³-hybridized carbons (Fsp3) is 0.455. The Kier molecular flexibility index (Phi) is 3.28. The van der Waals surface area contributed by atoms with Crippen LogP contribution in [0.1, 0.15) is 6.92 Å². The third kappa shape index (κ3) is 1.90. The van der Waals surface area contributed by atoms with Crippen molar-refractivity contribution in [2.75, 3.05) is 18.6 Å². The van der Waals surface area contributed by atoms with Gasteiger partial charge in [0.25, 0.3) is 0 Å². The number of nitrogens with zero attached hydrogens (tertiary/aromatic N) is 1. The molecule has 1 aromatic rings. The fourth-order valence-electron chi connectivity index (χ4n) is 1.84. The minimum Gasteiger partial charge on any atom is -0.395 e. The van der Waals surface area contributed by atoms with Crippen molar-refractivity contribution in [1.82, 2.24) is 0 Å². The number of hydrogen-bond acceptors (Lipinski definition) is 3. The molecule has 1 aliphatic heterocycles. The number of para-hydroxylation sites is 1. The van der Waals surface area contributed by atoms with Crippen LogP contribution in [0.2, 0.25) is 0 Å². The third-order valence-corrected chi connectivity index (χ3v) is 4.98. The van der Waals surface area contributed by atoms with Crippen LogP contribution in [0.3, 0.4) is 0 Å². The van der Waals surface area contributed by atoms with Crippen LogP contribution in [0.5, 0.6) is 0 Å². The van der Waals surface area contributed by atoms with Crippen molar-refractivity contribution in [3.63, 3.8) is 0 Å². The molecule has 82 valence electrons. The van der Waals surface area contributed by atoms with E-state index in [1.807, 2.05) is 6.07 Å². The van der Waals surface area contributed by atoms with Gasteiger partial charge in [0.05, 0.1) is 17.5 Å². The number of thioether (sulfide) groups is 1. The highest BCUT2D eigenvalue weighted by Gasteiger charge is 2.30. The average molecular weight is 288 g/mol. The summed E-state index contributed by atoms with van der Waals surface area (Å²) in [5.74, 6) is 0. The van der Waals surface area contributed by atoms with Gasteiger partial charge >= 0.3 is 0 Å². The van der Waals surface area contributed by atoms with Crippen molar-refractivity contribution in [3.8, 4) is 0 Å². The molecule has 4 heteroatoms. The highest BCUT2D eigenvalue weighted by molar-refractivity contribution is 9.10. The molecule has 2 atom stereocenters. The minimum absolute atomic E-state index is 0.224. The van der Waals surface area contributed by atoms with Crippen molar-refractivity contribution in [2.45, 2.75) is 23.1 Å². The predicted octanol–water partition coefficient (Wildman–Crippen LogP) is 2.74. The lowest BCUT2D eigenvalue weighted by atomic mass is 10.1. The first kappa shape index (κ1) is 11.3. The van der Waals surface area contributed by atoms with Crippen LogP contribution in [-0.4, -0.2) is 30.1 Å². The van der Waals surface area contributed by atoms with Crippen LogP contribution in [0.15, 0.2) is 27.6 Å². The Labute approximate surface area is 103 Å². The number of anilines is 1. The zero-order valence-corrected chi connectivity index (χ0v) is 11.2. The summed E-state index contributed by atoms with van der Waals surface area (Å²) in [7, 11) is 2.08. The summed E-state index contributed by atoms with van der Waals surface area (Å²) >= 11 is 5.34. The first-order valence-corrected chi connectivity index (χ1v) is 6.61. The number of aliphatic hydroxyl groups is 1. The summed E-state index contributed by atoms with van der Waals surface area (Å²) in [6.07, 6.45) is 0. The van der Waals surface area contributed by atoms with Crippen molar-refractivity contribution in [3.05, 3.63) is 22.7 Å².